The number of Topliss-reactive ketones (excluding diaryl/α,β-unsaturated/α-hetero) is 1. The molecule has 0 radical (unpaired) electrons. The summed E-state index contributed by atoms with van der Waals surface area (Å²) in [6.45, 7) is 7.11. The van der Waals surface area contributed by atoms with Gasteiger partial charge in [0.2, 0.25) is 0 Å². The number of methoxy groups -OCH3 is 1. The van der Waals surface area contributed by atoms with Crippen molar-refractivity contribution >= 4 is 28.4 Å². The van der Waals surface area contributed by atoms with E-state index >= 15 is 0 Å². The van der Waals surface area contributed by atoms with Crippen LogP contribution in [0.2, 0.25) is 0 Å². The minimum Gasteiger partial charge on any atom is -0.507 e. The number of ether oxygens (including phenoxy) is 1. The number of fused-ring (bicyclic) bond motifs is 1. The number of nitrogens with one attached hydrogen (secondary N) is 1. The number of aliphatic hydroxyl groups is 1. The number of aromatic nitrogens is 1. The van der Waals surface area contributed by atoms with E-state index in [1.807, 2.05) is 55.5 Å². The zero-order valence-electron chi connectivity index (χ0n) is 21.2. The lowest BCUT2D eigenvalue weighted by Gasteiger charge is -2.26. The lowest BCUT2D eigenvalue weighted by atomic mass is 9.84. The van der Waals surface area contributed by atoms with Crippen LogP contribution < -0.4 is 4.74 Å². The molecule has 1 aromatic heterocycles. The molecule has 2 aromatic carbocycles. The van der Waals surface area contributed by atoms with Gasteiger partial charge in [0.25, 0.3) is 11.7 Å². The first-order valence-corrected chi connectivity index (χ1v) is 11.7. The summed E-state index contributed by atoms with van der Waals surface area (Å²) in [5, 5.41) is 12.4. The minimum absolute atomic E-state index is 0.100. The third-order valence-corrected chi connectivity index (χ3v) is 6.52. The zero-order valence-corrected chi connectivity index (χ0v) is 21.2. The van der Waals surface area contributed by atoms with Crippen molar-refractivity contribution in [2.75, 3.05) is 34.3 Å². The number of carbonyl (C=O) groups is 2. The van der Waals surface area contributed by atoms with Crippen molar-refractivity contribution in [2.24, 2.45) is 0 Å². The Bertz CT molecular complexity index is 1310. The third kappa shape index (κ3) is 4.44. The van der Waals surface area contributed by atoms with Crippen molar-refractivity contribution in [3.05, 3.63) is 70.9 Å². The molecule has 1 aliphatic heterocycles. The molecular formula is C28H33N3O4. The number of likely N-dealkylation sites (N-methyl/N-ethyl adjacent to an activating group) is 1. The molecule has 4 rings (SSSR count). The summed E-state index contributed by atoms with van der Waals surface area (Å²) in [5.41, 5.74) is 2.91. The number of rotatable bonds is 6. The fraction of sp³-hybridized carbons (Fsp3) is 0.357. The monoisotopic (exact) mass is 475 g/mol. The van der Waals surface area contributed by atoms with E-state index in [1.165, 1.54) is 0 Å². The van der Waals surface area contributed by atoms with Crippen LogP contribution in [-0.2, 0) is 15.0 Å². The zero-order chi connectivity index (χ0) is 25.5. The highest BCUT2D eigenvalue weighted by Gasteiger charge is 2.46. The number of para-hydroxylation sites is 1. The number of hydrogen-bond donors (Lipinski definition) is 2. The molecule has 1 atom stereocenters. The van der Waals surface area contributed by atoms with Crippen LogP contribution in [0.25, 0.3) is 16.7 Å². The van der Waals surface area contributed by atoms with Gasteiger partial charge in [-0.15, -0.1) is 0 Å². The van der Waals surface area contributed by atoms with Gasteiger partial charge in [-0.3, -0.25) is 9.59 Å². The van der Waals surface area contributed by atoms with Gasteiger partial charge in [-0.25, -0.2) is 0 Å². The fourth-order valence-corrected chi connectivity index (χ4v) is 4.66. The molecule has 0 aliphatic carbocycles. The first-order valence-electron chi connectivity index (χ1n) is 11.7. The number of likely N-dealkylation sites (tertiary alicyclic amines) is 1. The van der Waals surface area contributed by atoms with Gasteiger partial charge in [-0.2, -0.15) is 0 Å². The van der Waals surface area contributed by atoms with Crippen molar-refractivity contribution in [1.82, 2.24) is 14.8 Å². The number of benzene rings is 2. The van der Waals surface area contributed by atoms with Crippen molar-refractivity contribution in [3.8, 4) is 5.75 Å². The van der Waals surface area contributed by atoms with E-state index in [4.69, 9.17) is 4.74 Å². The number of amides is 1. The summed E-state index contributed by atoms with van der Waals surface area (Å²) in [6.07, 6.45) is 1.83. The topological polar surface area (TPSA) is 85.9 Å². The highest BCUT2D eigenvalue weighted by molar-refractivity contribution is 6.46. The van der Waals surface area contributed by atoms with Crippen LogP contribution in [0.4, 0.5) is 0 Å². The first-order chi connectivity index (χ1) is 16.5. The van der Waals surface area contributed by atoms with Crippen molar-refractivity contribution in [3.63, 3.8) is 0 Å². The first kappa shape index (κ1) is 24.5. The molecule has 1 fully saturated rings. The van der Waals surface area contributed by atoms with E-state index in [0.717, 1.165) is 22.0 Å². The third-order valence-electron chi connectivity index (χ3n) is 6.52. The highest BCUT2D eigenvalue weighted by atomic mass is 16.5. The Morgan fingerprint density at radius 2 is 1.86 bits per heavy atom. The predicted octanol–water partition coefficient (Wildman–Crippen LogP) is 4.46. The Morgan fingerprint density at radius 1 is 1.14 bits per heavy atom. The Hall–Kier alpha value is -3.58. The second kappa shape index (κ2) is 9.23. The predicted molar refractivity (Wildman–Crippen MR) is 138 cm³/mol. The van der Waals surface area contributed by atoms with Gasteiger partial charge in [0.05, 0.1) is 18.7 Å². The molecule has 184 valence electrons. The number of nitrogens with zero attached hydrogens (tertiary/aromatic N) is 2. The van der Waals surface area contributed by atoms with Crippen molar-refractivity contribution in [1.29, 1.82) is 0 Å². The van der Waals surface area contributed by atoms with Gasteiger partial charge >= 0.3 is 0 Å². The summed E-state index contributed by atoms with van der Waals surface area (Å²) in [7, 11) is 5.45. The standard InChI is InChI=1S/C28H33N3O4/c1-28(2,3)20-15-17(11-12-22(20)35-6)25(32)23-24(19-16-29-21-10-8-7-9-18(19)21)31(14-13-30(4)5)27(34)26(23)33/h7-12,15-16,24,29,32H,13-14H2,1-6H3/b25-23+. The molecule has 1 unspecified atom stereocenters. The molecule has 7 heteroatoms. The molecule has 1 saturated heterocycles. The van der Waals surface area contributed by atoms with Crippen LogP contribution in [0.15, 0.2) is 54.2 Å². The average molecular weight is 476 g/mol. The van der Waals surface area contributed by atoms with E-state index in [-0.39, 0.29) is 16.7 Å². The number of carbonyl (C=O) groups excluding carboxylic acids is 2. The number of aromatic amines is 1. The molecule has 2 heterocycles. The molecule has 3 aromatic rings. The normalized spacial score (nSPS) is 18.1. The number of hydrogen-bond acceptors (Lipinski definition) is 5. The van der Waals surface area contributed by atoms with Crippen LogP contribution in [0.1, 0.15) is 43.5 Å². The SMILES string of the molecule is COc1ccc(/C(O)=C2\C(=O)C(=O)N(CCN(C)C)C2c2c[nH]c3ccccc23)cc1C(C)(C)C. The van der Waals surface area contributed by atoms with Crippen LogP contribution in [0.3, 0.4) is 0 Å². The summed E-state index contributed by atoms with van der Waals surface area (Å²) in [4.78, 5) is 33.4. The molecule has 0 spiro atoms. The molecule has 1 aliphatic rings. The fourth-order valence-electron chi connectivity index (χ4n) is 4.66. The van der Waals surface area contributed by atoms with Gasteiger partial charge < -0.3 is 24.6 Å². The van der Waals surface area contributed by atoms with Gasteiger partial charge in [-0.1, -0.05) is 39.0 Å². The molecule has 35 heavy (non-hydrogen) atoms. The quantitative estimate of drug-likeness (QED) is 0.312. The molecule has 7 nitrogen and oxygen atoms in total. The maximum Gasteiger partial charge on any atom is 0.295 e. The van der Waals surface area contributed by atoms with Crippen molar-refractivity contribution in [2.45, 2.75) is 32.2 Å². The van der Waals surface area contributed by atoms with E-state index in [2.05, 4.69) is 25.8 Å². The maximum absolute atomic E-state index is 13.4. The molecule has 1 amide bonds. The van der Waals surface area contributed by atoms with Gasteiger partial charge in [0.1, 0.15) is 11.5 Å². The second-order valence-corrected chi connectivity index (χ2v) is 10.3. The lowest BCUT2D eigenvalue weighted by molar-refractivity contribution is -0.140. The molecule has 2 N–H and O–H groups in total. The highest BCUT2D eigenvalue weighted by Crippen LogP contribution is 2.42. The number of H-pyrrole nitrogens is 1. The number of aliphatic hydroxyl groups excluding tert-OH is 1. The Kier molecular flexibility index (Phi) is 6.47. The summed E-state index contributed by atoms with van der Waals surface area (Å²) in [5.74, 6) is -0.759. The Morgan fingerprint density at radius 3 is 2.51 bits per heavy atom. The Labute approximate surface area is 206 Å². The largest absolute Gasteiger partial charge is 0.507 e. The van der Waals surface area contributed by atoms with Gasteiger partial charge in [0.15, 0.2) is 0 Å². The van der Waals surface area contributed by atoms with E-state index in [0.29, 0.717) is 24.4 Å². The summed E-state index contributed by atoms with van der Waals surface area (Å²) in [6, 6.07) is 12.4. The number of ketones is 1. The van der Waals surface area contributed by atoms with Crippen LogP contribution in [0, 0.1) is 0 Å². The average Bonchev–Trinajstić information content (AvgIpc) is 3.35. The van der Waals surface area contributed by atoms with Crippen LogP contribution in [0.5, 0.6) is 5.75 Å². The summed E-state index contributed by atoms with van der Waals surface area (Å²) < 4.78 is 5.53. The smallest absolute Gasteiger partial charge is 0.295 e. The van der Waals surface area contributed by atoms with Crippen molar-refractivity contribution < 1.29 is 19.4 Å². The summed E-state index contributed by atoms with van der Waals surface area (Å²) >= 11 is 0. The van der Waals surface area contributed by atoms with E-state index < -0.39 is 17.7 Å². The van der Waals surface area contributed by atoms with Crippen LogP contribution >= 0.6 is 0 Å². The maximum atomic E-state index is 13.4. The minimum atomic E-state index is -0.703. The van der Waals surface area contributed by atoms with E-state index in [9.17, 15) is 14.7 Å². The van der Waals surface area contributed by atoms with E-state index in [1.54, 1.807) is 24.1 Å². The lowest BCUT2D eigenvalue weighted by Crippen LogP contribution is -2.35. The molecule has 0 saturated carbocycles. The van der Waals surface area contributed by atoms with Gasteiger partial charge in [0, 0.05) is 46.9 Å². The molecular weight excluding hydrogens is 442 g/mol. The Balaban J connectivity index is 1.93. The van der Waals surface area contributed by atoms with Gasteiger partial charge in [-0.05, 0) is 43.8 Å². The van der Waals surface area contributed by atoms with Crippen LogP contribution in [-0.4, -0.2) is 65.9 Å². The second-order valence-electron chi connectivity index (χ2n) is 10.3. The molecule has 0 bridgehead atoms.